The van der Waals surface area contributed by atoms with Crippen LogP contribution in [-0.4, -0.2) is 91.4 Å². The molecule has 0 bridgehead atoms. The van der Waals surface area contributed by atoms with Gasteiger partial charge in [0.1, 0.15) is 0 Å². The number of carbonyl (C=O) groups excluding carboxylic acids is 1. The SMILES string of the molecule is CCNC(=NCC(c1cnn(C)c1)N(C)C)NC1CCN(CC(=O)NC)CC1. The van der Waals surface area contributed by atoms with Crippen molar-refractivity contribution in [1.29, 1.82) is 0 Å². The molecule has 0 radical (unpaired) electrons. The molecule has 1 aromatic rings. The Morgan fingerprint density at radius 1 is 1.39 bits per heavy atom. The summed E-state index contributed by atoms with van der Waals surface area (Å²) in [5.74, 6) is 0.925. The third-order valence-corrected chi connectivity index (χ3v) is 5.07. The molecule has 9 nitrogen and oxygen atoms in total. The number of likely N-dealkylation sites (N-methyl/N-ethyl adjacent to an activating group) is 2. The van der Waals surface area contributed by atoms with Gasteiger partial charge in [-0.05, 0) is 33.9 Å². The number of guanidine groups is 1. The number of amides is 1. The number of aromatic nitrogens is 2. The van der Waals surface area contributed by atoms with Gasteiger partial charge in [-0.3, -0.25) is 19.4 Å². The van der Waals surface area contributed by atoms with E-state index < -0.39 is 0 Å². The third-order valence-electron chi connectivity index (χ3n) is 5.07. The number of piperidine rings is 1. The number of aliphatic imine (C=N–C) groups is 1. The van der Waals surface area contributed by atoms with Crippen LogP contribution in [0.1, 0.15) is 31.4 Å². The highest BCUT2D eigenvalue weighted by Crippen LogP contribution is 2.17. The second-order valence-electron chi connectivity index (χ2n) is 7.51. The minimum Gasteiger partial charge on any atom is -0.358 e. The van der Waals surface area contributed by atoms with Crippen LogP contribution in [0.25, 0.3) is 0 Å². The molecule has 1 atom stereocenters. The van der Waals surface area contributed by atoms with E-state index in [1.165, 1.54) is 0 Å². The summed E-state index contributed by atoms with van der Waals surface area (Å²) < 4.78 is 1.82. The highest BCUT2D eigenvalue weighted by atomic mass is 16.1. The molecule has 1 fully saturated rings. The van der Waals surface area contributed by atoms with Crippen LogP contribution >= 0.6 is 0 Å². The van der Waals surface area contributed by atoms with Crippen molar-refractivity contribution in [2.75, 3.05) is 53.9 Å². The normalized spacial score (nSPS) is 17.6. The Morgan fingerprint density at radius 3 is 2.64 bits per heavy atom. The van der Waals surface area contributed by atoms with Gasteiger partial charge in [-0.1, -0.05) is 0 Å². The maximum atomic E-state index is 11.5. The number of aryl methyl sites for hydroxylation is 1. The molecule has 1 aliphatic heterocycles. The van der Waals surface area contributed by atoms with Crippen molar-refractivity contribution in [2.24, 2.45) is 12.0 Å². The first kappa shape index (κ1) is 22.2. The highest BCUT2D eigenvalue weighted by molar-refractivity contribution is 5.80. The average Bonchev–Trinajstić information content (AvgIpc) is 3.09. The maximum Gasteiger partial charge on any atom is 0.233 e. The number of nitrogens with zero attached hydrogens (tertiary/aromatic N) is 5. The van der Waals surface area contributed by atoms with Gasteiger partial charge >= 0.3 is 0 Å². The van der Waals surface area contributed by atoms with Crippen molar-refractivity contribution in [1.82, 2.24) is 35.5 Å². The molecular formula is C19H36N8O. The van der Waals surface area contributed by atoms with Crippen LogP contribution in [0.5, 0.6) is 0 Å². The topological polar surface area (TPSA) is 89.8 Å². The Hall–Kier alpha value is -2.13. The van der Waals surface area contributed by atoms with Crippen LogP contribution < -0.4 is 16.0 Å². The molecule has 1 amide bonds. The molecule has 9 heteroatoms. The first-order valence-electron chi connectivity index (χ1n) is 10.1. The summed E-state index contributed by atoms with van der Waals surface area (Å²) in [5, 5.41) is 13.9. The van der Waals surface area contributed by atoms with Crippen LogP contribution in [0.15, 0.2) is 17.4 Å². The zero-order chi connectivity index (χ0) is 20.5. The molecule has 0 aliphatic carbocycles. The Labute approximate surface area is 168 Å². The van der Waals surface area contributed by atoms with Gasteiger partial charge in [0.05, 0.1) is 25.3 Å². The molecule has 2 heterocycles. The monoisotopic (exact) mass is 392 g/mol. The molecule has 3 N–H and O–H groups in total. The van der Waals surface area contributed by atoms with E-state index in [-0.39, 0.29) is 11.9 Å². The van der Waals surface area contributed by atoms with Gasteiger partial charge in [-0.15, -0.1) is 0 Å². The van der Waals surface area contributed by atoms with E-state index in [0.717, 1.165) is 44.0 Å². The number of rotatable bonds is 8. The van der Waals surface area contributed by atoms with E-state index >= 15 is 0 Å². The summed E-state index contributed by atoms with van der Waals surface area (Å²) in [4.78, 5) is 20.7. The molecule has 1 saturated heterocycles. The van der Waals surface area contributed by atoms with Crippen molar-refractivity contribution >= 4 is 11.9 Å². The van der Waals surface area contributed by atoms with E-state index in [9.17, 15) is 4.79 Å². The molecular weight excluding hydrogens is 356 g/mol. The van der Waals surface area contributed by atoms with Crippen molar-refractivity contribution in [3.63, 3.8) is 0 Å². The number of hydrogen-bond acceptors (Lipinski definition) is 5. The maximum absolute atomic E-state index is 11.5. The molecule has 1 aliphatic rings. The number of likely N-dealkylation sites (tertiary alicyclic amines) is 1. The van der Waals surface area contributed by atoms with Crippen molar-refractivity contribution in [3.8, 4) is 0 Å². The minimum absolute atomic E-state index is 0.0754. The minimum atomic E-state index is 0.0754. The molecule has 1 unspecified atom stereocenters. The van der Waals surface area contributed by atoms with Gasteiger partial charge in [0.2, 0.25) is 5.91 Å². The lowest BCUT2D eigenvalue weighted by atomic mass is 10.1. The van der Waals surface area contributed by atoms with Crippen molar-refractivity contribution in [3.05, 3.63) is 18.0 Å². The number of nitrogens with one attached hydrogen (secondary N) is 3. The Bertz CT molecular complexity index is 634. The summed E-state index contributed by atoms with van der Waals surface area (Å²) in [6.45, 7) is 5.87. The zero-order valence-corrected chi connectivity index (χ0v) is 17.9. The molecule has 158 valence electrons. The van der Waals surface area contributed by atoms with Crippen LogP contribution in [0.2, 0.25) is 0 Å². The van der Waals surface area contributed by atoms with Gasteiger partial charge < -0.3 is 20.9 Å². The van der Waals surface area contributed by atoms with Gasteiger partial charge in [-0.2, -0.15) is 5.10 Å². The van der Waals surface area contributed by atoms with Crippen molar-refractivity contribution < 1.29 is 4.79 Å². The number of carbonyl (C=O) groups is 1. The highest BCUT2D eigenvalue weighted by Gasteiger charge is 2.22. The lowest BCUT2D eigenvalue weighted by Crippen LogP contribution is -2.50. The quantitative estimate of drug-likeness (QED) is 0.419. The van der Waals surface area contributed by atoms with Crippen LogP contribution in [-0.2, 0) is 11.8 Å². The first-order valence-corrected chi connectivity index (χ1v) is 10.1. The lowest BCUT2D eigenvalue weighted by molar-refractivity contribution is -0.122. The third kappa shape index (κ3) is 6.79. The van der Waals surface area contributed by atoms with Crippen LogP contribution in [0.3, 0.4) is 0 Å². The Morgan fingerprint density at radius 2 is 2.11 bits per heavy atom. The van der Waals surface area contributed by atoms with E-state index in [0.29, 0.717) is 19.1 Å². The first-order chi connectivity index (χ1) is 13.4. The smallest absolute Gasteiger partial charge is 0.233 e. The average molecular weight is 393 g/mol. The summed E-state index contributed by atoms with van der Waals surface area (Å²) >= 11 is 0. The van der Waals surface area contributed by atoms with E-state index in [2.05, 4.69) is 51.9 Å². The zero-order valence-electron chi connectivity index (χ0n) is 17.9. The van der Waals surface area contributed by atoms with Gasteiger partial charge in [0, 0.05) is 51.5 Å². The lowest BCUT2D eigenvalue weighted by Gasteiger charge is -2.32. The molecule has 1 aromatic heterocycles. The van der Waals surface area contributed by atoms with E-state index in [1.807, 2.05) is 24.1 Å². The summed E-state index contributed by atoms with van der Waals surface area (Å²) in [7, 11) is 7.75. The molecule has 0 saturated carbocycles. The Balaban J connectivity index is 1.92. The summed E-state index contributed by atoms with van der Waals surface area (Å²) in [6.07, 6.45) is 5.95. The largest absolute Gasteiger partial charge is 0.358 e. The molecule has 0 aromatic carbocycles. The second kappa shape index (κ2) is 11.0. The summed E-state index contributed by atoms with van der Waals surface area (Å²) in [5.41, 5.74) is 1.16. The van der Waals surface area contributed by atoms with Crippen molar-refractivity contribution in [2.45, 2.75) is 31.8 Å². The van der Waals surface area contributed by atoms with E-state index in [1.54, 1.807) is 7.05 Å². The number of hydrogen-bond donors (Lipinski definition) is 3. The Kier molecular flexibility index (Phi) is 8.72. The molecule has 2 rings (SSSR count). The summed E-state index contributed by atoms with van der Waals surface area (Å²) in [6, 6.07) is 0.550. The fourth-order valence-electron chi connectivity index (χ4n) is 3.39. The molecule has 28 heavy (non-hydrogen) atoms. The second-order valence-corrected chi connectivity index (χ2v) is 7.51. The predicted molar refractivity (Wildman–Crippen MR) is 112 cm³/mol. The van der Waals surface area contributed by atoms with Gasteiger partial charge in [0.15, 0.2) is 5.96 Å². The predicted octanol–water partition coefficient (Wildman–Crippen LogP) is -0.212. The fourth-order valence-corrected chi connectivity index (χ4v) is 3.39. The standard InChI is InChI=1S/C19H36N8O/c1-6-21-19(22-12-17(25(3)4)15-11-23-26(5)13-15)24-16-7-9-27(10-8-16)14-18(28)20-2/h11,13,16-17H,6-10,12,14H2,1-5H3,(H,20,28)(H2,21,22,24). The van der Waals surface area contributed by atoms with E-state index in [4.69, 9.17) is 4.99 Å². The molecule has 0 spiro atoms. The van der Waals surface area contributed by atoms with Crippen LogP contribution in [0.4, 0.5) is 0 Å². The van der Waals surface area contributed by atoms with Crippen LogP contribution in [0, 0.1) is 0 Å². The van der Waals surface area contributed by atoms with Gasteiger partial charge in [0.25, 0.3) is 0 Å². The fraction of sp³-hybridized carbons (Fsp3) is 0.737. The van der Waals surface area contributed by atoms with Gasteiger partial charge in [-0.25, -0.2) is 0 Å².